The first kappa shape index (κ1) is 18.5. The molecule has 28 heavy (non-hydrogen) atoms. The molecule has 3 aromatic rings. The van der Waals surface area contributed by atoms with Crippen LogP contribution in [0.15, 0.2) is 48.5 Å². The maximum Gasteiger partial charge on any atom is 0.223 e. The molecule has 2 aromatic carbocycles. The number of aromatic nitrogens is 2. The highest BCUT2D eigenvalue weighted by Crippen LogP contribution is 2.30. The van der Waals surface area contributed by atoms with Crippen molar-refractivity contribution in [3.63, 3.8) is 0 Å². The summed E-state index contributed by atoms with van der Waals surface area (Å²) < 4.78 is 8.11. The van der Waals surface area contributed by atoms with Gasteiger partial charge in [0.25, 0.3) is 0 Å². The summed E-state index contributed by atoms with van der Waals surface area (Å²) in [6.45, 7) is 5.51. The lowest BCUT2D eigenvalue weighted by Crippen LogP contribution is -2.30. The van der Waals surface area contributed by atoms with Crippen molar-refractivity contribution in [1.82, 2.24) is 14.9 Å². The molecule has 1 heterocycles. The highest BCUT2D eigenvalue weighted by Gasteiger charge is 2.31. The van der Waals surface area contributed by atoms with E-state index in [1.807, 2.05) is 43.3 Å². The van der Waals surface area contributed by atoms with Crippen LogP contribution in [0.5, 0.6) is 5.75 Å². The molecular formula is C23H27N3O2. The fourth-order valence-corrected chi connectivity index (χ4v) is 3.52. The summed E-state index contributed by atoms with van der Waals surface area (Å²) in [6, 6.07) is 16.1. The van der Waals surface area contributed by atoms with Gasteiger partial charge < -0.3 is 14.6 Å². The Morgan fingerprint density at radius 1 is 1.25 bits per heavy atom. The van der Waals surface area contributed by atoms with Crippen LogP contribution >= 0.6 is 0 Å². The zero-order valence-corrected chi connectivity index (χ0v) is 16.5. The number of carbonyl (C=O) groups is 1. The summed E-state index contributed by atoms with van der Waals surface area (Å²) in [7, 11) is 0. The predicted molar refractivity (Wildman–Crippen MR) is 110 cm³/mol. The van der Waals surface area contributed by atoms with Gasteiger partial charge in [-0.15, -0.1) is 0 Å². The summed E-state index contributed by atoms with van der Waals surface area (Å²) >= 11 is 0. The van der Waals surface area contributed by atoms with Crippen LogP contribution in [0.25, 0.3) is 11.0 Å². The van der Waals surface area contributed by atoms with Crippen LogP contribution < -0.4 is 10.1 Å². The molecule has 1 amide bonds. The fourth-order valence-electron chi connectivity index (χ4n) is 3.52. The van der Waals surface area contributed by atoms with E-state index in [1.54, 1.807) is 0 Å². The van der Waals surface area contributed by atoms with Crippen LogP contribution in [0.4, 0.5) is 0 Å². The van der Waals surface area contributed by atoms with Gasteiger partial charge in [0.15, 0.2) is 0 Å². The Morgan fingerprint density at radius 2 is 2.07 bits per heavy atom. The highest BCUT2D eigenvalue weighted by atomic mass is 16.5. The molecule has 4 rings (SSSR count). The Hall–Kier alpha value is -2.82. The Labute approximate surface area is 165 Å². The van der Waals surface area contributed by atoms with E-state index in [0.717, 1.165) is 48.4 Å². The first-order valence-corrected chi connectivity index (χ1v) is 10.1. The van der Waals surface area contributed by atoms with Crippen molar-refractivity contribution in [2.75, 3.05) is 6.61 Å². The monoisotopic (exact) mass is 377 g/mol. The van der Waals surface area contributed by atoms with Crippen molar-refractivity contribution >= 4 is 16.9 Å². The number of carbonyl (C=O) groups excluding carboxylic acids is 1. The minimum absolute atomic E-state index is 0.113. The number of aryl methyl sites for hydroxylation is 2. The zero-order valence-electron chi connectivity index (χ0n) is 16.5. The standard InChI is InChI=1S/C23H27N3O2/c1-16-7-5-8-19(15-16)28-14-6-13-26-21-10-4-3-9-20(21)25-22(26)17(2)24-23(27)18-11-12-18/h3-5,7-10,15,17-18H,6,11-14H2,1-2H3,(H,24,27). The topological polar surface area (TPSA) is 56.1 Å². The Bertz CT molecular complexity index is 975. The van der Waals surface area contributed by atoms with E-state index in [9.17, 15) is 4.79 Å². The molecule has 0 saturated heterocycles. The van der Waals surface area contributed by atoms with Crippen molar-refractivity contribution in [3.05, 3.63) is 59.9 Å². The number of nitrogens with zero attached hydrogens (tertiary/aromatic N) is 2. The molecule has 0 bridgehead atoms. The van der Waals surface area contributed by atoms with Crippen molar-refractivity contribution in [3.8, 4) is 5.75 Å². The van der Waals surface area contributed by atoms with E-state index in [-0.39, 0.29) is 17.9 Å². The first-order valence-electron chi connectivity index (χ1n) is 10.1. The molecule has 1 atom stereocenters. The number of benzene rings is 2. The Kier molecular flexibility index (Phi) is 5.33. The van der Waals surface area contributed by atoms with Gasteiger partial charge in [0, 0.05) is 12.5 Å². The largest absolute Gasteiger partial charge is 0.494 e. The average molecular weight is 377 g/mol. The van der Waals surface area contributed by atoms with Crippen LogP contribution in [0.3, 0.4) is 0 Å². The van der Waals surface area contributed by atoms with Gasteiger partial charge in [-0.25, -0.2) is 4.98 Å². The number of rotatable bonds is 8. The van der Waals surface area contributed by atoms with Crippen molar-refractivity contribution < 1.29 is 9.53 Å². The fraction of sp³-hybridized carbons (Fsp3) is 0.391. The Morgan fingerprint density at radius 3 is 2.86 bits per heavy atom. The van der Waals surface area contributed by atoms with Gasteiger partial charge in [0.1, 0.15) is 11.6 Å². The minimum atomic E-state index is -0.113. The van der Waals surface area contributed by atoms with E-state index in [4.69, 9.17) is 9.72 Å². The number of hydrogen-bond acceptors (Lipinski definition) is 3. The number of ether oxygens (including phenoxy) is 1. The van der Waals surface area contributed by atoms with Gasteiger partial charge >= 0.3 is 0 Å². The molecule has 1 saturated carbocycles. The lowest BCUT2D eigenvalue weighted by atomic mass is 10.2. The molecule has 1 aliphatic rings. The summed E-state index contributed by atoms with van der Waals surface area (Å²) in [4.78, 5) is 17.0. The predicted octanol–water partition coefficient (Wildman–Crippen LogP) is 4.40. The third-order valence-electron chi connectivity index (χ3n) is 5.16. The van der Waals surface area contributed by atoms with Crippen LogP contribution in [-0.4, -0.2) is 22.1 Å². The summed E-state index contributed by atoms with van der Waals surface area (Å²) in [5.74, 6) is 2.16. The molecule has 146 valence electrons. The summed E-state index contributed by atoms with van der Waals surface area (Å²) in [6.07, 6.45) is 2.88. The van der Waals surface area contributed by atoms with E-state index in [0.29, 0.717) is 6.61 Å². The molecule has 0 radical (unpaired) electrons. The SMILES string of the molecule is Cc1cccc(OCCCn2c(C(C)NC(=O)C3CC3)nc3ccccc32)c1. The molecule has 0 spiro atoms. The number of fused-ring (bicyclic) bond motifs is 1. The van der Waals surface area contributed by atoms with Gasteiger partial charge in [-0.3, -0.25) is 4.79 Å². The third kappa shape index (κ3) is 4.19. The zero-order chi connectivity index (χ0) is 19.5. The normalized spacial score (nSPS) is 14.8. The minimum Gasteiger partial charge on any atom is -0.494 e. The van der Waals surface area contributed by atoms with Crippen LogP contribution in [-0.2, 0) is 11.3 Å². The van der Waals surface area contributed by atoms with Crippen LogP contribution in [0.1, 0.15) is 43.6 Å². The number of imidazole rings is 1. The Balaban J connectivity index is 1.46. The third-order valence-corrected chi connectivity index (χ3v) is 5.16. The van der Waals surface area contributed by atoms with E-state index in [1.165, 1.54) is 5.56 Å². The molecule has 1 N–H and O–H groups in total. The van der Waals surface area contributed by atoms with E-state index >= 15 is 0 Å². The molecule has 5 heteroatoms. The van der Waals surface area contributed by atoms with Crippen molar-refractivity contribution in [1.29, 1.82) is 0 Å². The maximum absolute atomic E-state index is 12.2. The average Bonchev–Trinajstić information content (AvgIpc) is 3.47. The first-order chi connectivity index (χ1) is 13.6. The molecule has 1 unspecified atom stereocenters. The summed E-state index contributed by atoms with van der Waals surface area (Å²) in [5.41, 5.74) is 3.26. The lowest BCUT2D eigenvalue weighted by Gasteiger charge is -2.16. The van der Waals surface area contributed by atoms with E-state index in [2.05, 4.69) is 28.9 Å². The molecule has 1 aromatic heterocycles. The number of para-hydroxylation sites is 2. The molecule has 1 fully saturated rings. The molecular weight excluding hydrogens is 350 g/mol. The van der Waals surface area contributed by atoms with Crippen LogP contribution in [0, 0.1) is 12.8 Å². The number of amides is 1. The van der Waals surface area contributed by atoms with Gasteiger partial charge in [0.2, 0.25) is 5.91 Å². The number of hydrogen-bond donors (Lipinski definition) is 1. The highest BCUT2D eigenvalue weighted by molar-refractivity contribution is 5.81. The van der Waals surface area contributed by atoms with Gasteiger partial charge in [-0.2, -0.15) is 0 Å². The lowest BCUT2D eigenvalue weighted by molar-refractivity contribution is -0.123. The van der Waals surface area contributed by atoms with Gasteiger partial charge in [0.05, 0.1) is 23.7 Å². The molecule has 0 aliphatic heterocycles. The smallest absolute Gasteiger partial charge is 0.223 e. The van der Waals surface area contributed by atoms with Gasteiger partial charge in [-0.05, 0) is 62.9 Å². The van der Waals surface area contributed by atoms with Crippen molar-refractivity contribution in [2.45, 2.75) is 45.7 Å². The van der Waals surface area contributed by atoms with Crippen molar-refractivity contribution in [2.24, 2.45) is 5.92 Å². The maximum atomic E-state index is 12.2. The second-order valence-electron chi connectivity index (χ2n) is 7.63. The summed E-state index contributed by atoms with van der Waals surface area (Å²) in [5, 5.41) is 3.13. The second kappa shape index (κ2) is 8.05. The van der Waals surface area contributed by atoms with Crippen LogP contribution in [0.2, 0.25) is 0 Å². The van der Waals surface area contributed by atoms with Gasteiger partial charge in [-0.1, -0.05) is 24.3 Å². The quantitative estimate of drug-likeness (QED) is 0.592. The second-order valence-corrected chi connectivity index (χ2v) is 7.63. The molecule has 5 nitrogen and oxygen atoms in total. The number of nitrogens with one attached hydrogen (secondary N) is 1. The van der Waals surface area contributed by atoms with E-state index < -0.39 is 0 Å². The molecule has 1 aliphatic carbocycles.